The van der Waals surface area contributed by atoms with Crippen LogP contribution in [-0.2, 0) is 11.2 Å². The van der Waals surface area contributed by atoms with Crippen molar-refractivity contribution in [3.05, 3.63) is 49.9 Å². The predicted octanol–water partition coefficient (Wildman–Crippen LogP) is 3.72. The van der Waals surface area contributed by atoms with Gasteiger partial charge in [-0.25, -0.2) is 9.78 Å². The van der Waals surface area contributed by atoms with Crippen LogP contribution >= 0.6 is 27.3 Å². The lowest BCUT2D eigenvalue weighted by molar-refractivity contribution is -0.121. The molecule has 0 aliphatic rings. The first kappa shape index (κ1) is 17.6. The molecular formula is C16H17BrN2O3S. The SMILES string of the molecule is Cc1nc(C(C)NC(=O)CCc2cccc(Br)c2)sc1C(=O)O. The van der Waals surface area contributed by atoms with Crippen molar-refractivity contribution in [3.8, 4) is 0 Å². The van der Waals surface area contributed by atoms with E-state index in [1.165, 1.54) is 0 Å². The number of hydrogen-bond donors (Lipinski definition) is 2. The molecule has 122 valence electrons. The van der Waals surface area contributed by atoms with Gasteiger partial charge in [-0.05, 0) is 38.0 Å². The average Bonchev–Trinajstić information content (AvgIpc) is 2.87. The molecule has 23 heavy (non-hydrogen) atoms. The number of benzene rings is 1. The second-order valence-electron chi connectivity index (χ2n) is 5.19. The highest BCUT2D eigenvalue weighted by molar-refractivity contribution is 9.10. The number of thiazole rings is 1. The lowest BCUT2D eigenvalue weighted by Gasteiger charge is -2.11. The summed E-state index contributed by atoms with van der Waals surface area (Å²) in [5.74, 6) is -1.07. The number of carbonyl (C=O) groups is 2. The third kappa shape index (κ3) is 4.87. The van der Waals surface area contributed by atoms with Crippen molar-refractivity contribution >= 4 is 39.1 Å². The number of hydrogen-bond acceptors (Lipinski definition) is 4. The summed E-state index contributed by atoms with van der Waals surface area (Å²) in [4.78, 5) is 27.5. The maximum atomic E-state index is 12.0. The van der Waals surface area contributed by atoms with Crippen molar-refractivity contribution in [1.82, 2.24) is 10.3 Å². The minimum Gasteiger partial charge on any atom is -0.477 e. The van der Waals surface area contributed by atoms with Crippen LogP contribution in [0.2, 0.25) is 0 Å². The molecule has 5 nitrogen and oxygen atoms in total. The predicted molar refractivity (Wildman–Crippen MR) is 92.8 cm³/mol. The number of aromatic nitrogens is 1. The van der Waals surface area contributed by atoms with Gasteiger partial charge < -0.3 is 10.4 Å². The molecule has 0 radical (unpaired) electrons. The van der Waals surface area contributed by atoms with E-state index in [0.29, 0.717) is 23.5 Å². The summed E-state index contributed by atoms with van der Waals surface area (Å²) >= 11 is 4.51. The van der Waals surface area contributed by atoms with Gasteiger partial charge in [-0.2, -0.15) is 0 Å². The Balaban J connectivity index is 1.92. The first-order valence-corrected chi connectivity index (χ1v) is 8.72. The molecule has 1 unspecified atom stereocenters. The normalized spacial score (nSPS) is 12.0. The summed E-state index contributed by atoms with van der Waals surface area (Å²) in [6.07, 6.45) is 1.02. The highest BCUT2D eigenvalue weighted by Gasteiger charge is 2.19. The lowest BCUT2D eigenvalue weighted by Crippen LogP contribution is -2.26. The zero-order valence-electron chi connectivity index (χ0n) is 12.8. The second-order valence-corrected chi connectivity index (χ2v) is 7.14. The first-order chi connectivity index (χ1) is 10.9. The van der Waals surface area contributed by atoms with E-state index in [2.05, 4.69) is 26.2 Å². The summed E-state index contributed by atoms with van der Waals surface area (Å²) in [5.41, 5.74) is 1.56. The van der Waals surface area contributed by atoms with Gasteiger partial charge in [0.15, 0.2) is 0 Å². The number of halogens is 1. The molecule has 1 heterocycles. The van der Waals surface area contributed by atoms with Gasteiger partial charge >= 0.3 is 5.97 Å². The fourth-order valence-corrected chi connectivity index (χ4v) is 3.48. The first-order valence-electron chi connectivity index (χ1n) is 7.11. The quantitative estimate of drug-likeness (QED) is 0.779. The van der Waals surface area contributed by atoms with Gasteiger partial charge in [-0.3, -0.25) is 4.79 Å². The van der Waals surface area contributed by atoms with E-state index in [1.807, 2.05) is 24.3 Å². The summed E-state index contributed by atoms with van der Waals surface area (Å²) in [6.45, 7) is 3.46. The third-order valence-corrected chi connectivity index (χ3v) is 5.11. The number of amides is 1. The molecule has 0 saturated heterocycles. The van der Waals surface area contributed by atoms with Gasteiger partial charge in [0.25, 0.3) is 0 Å². The van der Waals surface area contributed by atoms with E-state index in [9.17, 15) is 9.59 Å². The van der Waals surface area contributed by atoms with Crippen molar-refractivity contribution in [3.63, 3.8) is 0 Å². The van der Waals surface area contributed by atoms with Crippen LogP contribution in [0.1, 0.15) is 45.3 Å². The molecule has 1 aromatic heterocycles. The topological polar surface area (TPSA) is 79.3 Å². The zero-order chi connectivity index (χ0) is 17.0. The smallest absolute Gasteiger partial charge is 0.347 e. The Labute approximate surface area is 146 Å². The fraction of sp³-hybridized carbons (Fsp3) is 0.312. The molecule has 0 spiro atoms. The summed E-state index contributed by atoms with van der Waals surface area (Å²) in [7, 11) is 0. The summed E-state index contributed by atoms with van der Waals surface area (Å²) in [6, 6.07) is 7.54. The molecule has 1 amide bonds. The Morgan fingerprint density at radius 1 is 1.43 bits per heavy atom. The van der Waals surface area contributed by atoms with Crippen LogP contribution in [-0.4, -0.2) is 22.0 Å². The average molecular weight is 397 g/mol. The van der Waals surface area contributed by atoms with E-state index in [-0.39, 0.29) is 16.8 Å². The van der Waals surface area contributed by atoms with Crippen LogP contribution in [0, 0.1) is 6.92 Å². The molecule has 7 heteroatoms. The fourth-order valence-electron chi connectivity index (χ4n) is 2.13. The van der Waals surface area contributed by atoms with Crippen LogP contribution in [0.5, 0.6) is 0 Å². The molecule has 2 rings (SSSR count). The monoisotopic (exact) mass is 396 g/mol. The van der Waals surface area contributed by atoms with Crippen molar-refractivity contribution in [2.75, 3.05) is 0 Å². The van der Waals surface area contributed by atoms with Gasteiger partial charge in [0, 0.05) is 10.9 Å². The Bertz CT molecular complexity index is 730. The number of carboxylic acids is 1. The number of carboxylic acid groups (broad SMARTS) is 1. The minimum absolute atomic E-state index is 0.0813. The van der Waals surface area contributed by atoms with Crippen LogP contribution in [0.4, 0.5) is 0 Å². The van der Waals surface area contributed by atoms with Crippen LogP contribution < -0.4 is 5.32 Å². The van der Waals surface area contributed by atoms with Crippen LogP contribution in [0.15, 0.2) is 28.7 Å². The molecule has 1 aromatic carbocycles. The van der Waals surface area contributed by atoms with Crippen LogP contribution in [0.3, 0.4) is 0 Å². The maximum absolute atomic E-state index is 12.0. The van der Waals surface area contributed by atoms with Crippen molar-refractivity contribution in [2.24, 2.45) is 0 Å². The molecule has 0 fully saturated rings. The largest absolute Gasteiger partial charge is 0.477 e. The molecule has 0 saturated carbocycles. The zero-order valence-corrected chi connectivity index (χ0v) is 15.2. The van der Waals surface area contributed by atoms with Crippen LogP contribution in [0.25, 0.3) is 0 Å². The van der Waals surface area contributed by atoms with E-state index < -0.39 is 5.97 Å². The summed E-state index contributed by atoms with van der Waals surface area (Å²) < 4.78 is 0.989. The van der Waals surface area contributed by atoms with Crippen molar-refractivity contribution in [1.29, 1.82) is 0 Å². The molecule has 2 N–H and O–H groups in total. The lowest BCUT2D eigenvalue weighted by atomic mass is 10.1. The van der Waals surface area contributed by atoms with Gasteiger partial charge in [-0.15, -0.1) is 11.3 Å². The van der Waals surface area contributed by atoms with Gasteiger partial charge in [-0.1, -0.05) is 28.1 Å². The second kappa shape index (κ2) is 7.70. The standard InChI is InChI=1S/C16H17BrN2O3S/c1-9-14(16(21)22)23-15(19-9)10(2)18-13(20)7-6-11-4-3-5-12(17)8-11/h3-5,8,10H,6-7H2,1-2H3,(H,18,20)(H,21,22). The highest BCUT2D eigenvalue weighted by Crippen LogP contribution is 2.23. The molecule has 2 aromatic rings. The van der Waals surface area contributed by atoms with E-state index >= 15 is 0 Å². The van der Waals surface area contributed by atoms with Crippen molar-refractivity contribution in [2.45, 2.75) is 32.7 Å². The van der Waals surface area contributed by atoms with E-state index in [0.717, 1.165) is 21.4 Å². The molecular weight excluding hydrogens is 380 g/mol. The molecule has 0 aliphatic heterocycles. The number of carbonyl (C=O) groups excluding carboxylic acids is 1. The number of rotatable bonds is 6. The molecule has 0 aliphatic carbocycles. The van der Waals surface area contributed by atoms with Gasteiger partial charge in [0.2, 0.25) is 5.91 Å². The highest BCUT2D eigenvalue weighted by atomic mass is 79.9. The Kier molecular flexibility index (Phi) is 5.90. The van der Waals surface area contributed by atoms with E-state index in [1.54, 1.807) is 13.8 Å². The Morgan fingerprint density at radius 2 is 2.17 bits per heavy atom. The Morgan fingerprint density at radius 3 is 2.78 bits per heavy atom. The van der Waals surface area contributed by atoms with Gasteiger partial charge in [0.05, 0.1) is 11.7 Å². The molecule has 0 bridgehead atoms. The Hall–Kier alpha value is -1.73. The maximum Gasteiger partial charge on any atom is 0.347 e. The van der Waals surface area contributed by atoms with E-state index in [4.69, 9.17) is 5.11 Å². The minimum atomic E-state index is -0.987. The van der Waals surface area contributed by atoms with Crippen molar-refractivity contribution < 1.29 is 14.7 Å². The number of nitrogens with one attached hydrogen (secondary N) is 1. The summed E-state index contributed by atoms with van der Waals surface area (Å²) in [5, 5.41) is 12.5. The third-order valence-electron chi connectivity index (χ3n) is 3.29. The number of aryl methyl sites for hydroxylation is 2. The number of aromatic carboxylic acids is 1. The van der Waals surface area contributed by atoms with Gasteiger partial charge in [0.1, 0.15) is 9.88 Å². The molecule has 1 atom stereocenters. The number of nitrogens with zero attached hydrogens (tertiary/aromatic N) is 1.